The van der Waals surface area contributed by atoms with E-state index in [1.807, 2.05) is 21.1 Å². The predicted octanol–water partition coefficient (Wildman–Crippen LogP) is 27.7. The fraction of sp³-hybridized carbons (Fsp3) is 0.750. The lowest BCUT2D eigenvalue weighted by Gasteiger charge is -2.24. The van der Waals surface area contributed by atoms with Gasteiger partial charge >= 0.3 is 19.8 Å². The lowest BCUT2D eigenvalue weighted by atomic mass is 10.0. The number of rotatable bonds is 76. The molecule has 0 bridgehead atoms. The first kappa shape index (κ1) is 94.4. The Balaban J connectivity index is 3.94. The Bertz CT molecular complexity index is 2070. The lowest BCUT2D eigenvalue weighted by Crippen LogP contribution is -2.37. The van der Waals surface area contributed by atoms with E-state index in [0.717, 1.165) is 103 Å². The van der Waals surface area contributed by atoms with Gasteiger partial charge in [0, 0.05) is 12.8 Å². The van der Waals surface area contributed by atoms with Gasteiger partial charge in [-0.05, 0) is 109 Å². The minimum Gasteiger partial charge on any atom is -0.462 e. The van der Waals surface area contributed by atoms with Gasteiger partial charge in [0.15, 0.2) is 6.10 Å². The average Bonchev–Trinajstić information content (AvgIpc) is 1.08. The van der Waals surface area contributed by atoms with Crippen LogP contribution in [0, 0.1) is 0 Å². The number of phosphoric acid groups is 1. The van der Waals surface area contributed by atoms with Crippen molar-refractivity contribution in [1.29, 1.82) is 0 Å². The van der Waals surface area contributed by atoms with Crippen LogP contribution in [0.3, 0.4) is 0 Å². The number of phosphoric ester groups is 1. The molecule has 566 valence electrons. The highest BCUT2D eigenvalue weighted by Crippen LogP contribution is 2.43. The van der Waals surface area contributed by atoms with Crippen LogP contribution >= 0.6 is 7.82 Å². The fourth-order valence-corrected chi connectivity index (χ4v) is 12.5. The van der Waals surface area contributed by atoms with Crippen molar-refractivity contribution in [3.63, 3.8) is 0 Å². The average molecular weight is 1390 g/mol. The van der Waals surface area contributed by atoms with Gasteiger partial charge in [-0.1, -0.05) is 373 Å². The molecule has 98 heavy (non-hydrogen) atoms. The van der Waals surface area contributed by atoms with E-state index in [0.29, 0.717) is 17.4 Å². The van der Waals surface area contributed by atoms with Crippen molar-refractivity contribution in [3.05, 3.63) is 122 Å². The summed E-state index contributed by atoms with van der Waals surface area (Å²) in [7, 11) is 1.48. The molecular weight excluding hydrogens is 1230 g/mol. The van der Waals surface area contributed by atoms with Crippen LogP contribution in [0.25, 0.3) is 0 Å². The highest BCUT2D eigenvalue weighted by atomic mass is 31.2. The zero-order chi connectivity index (χ0) is 71.1. The third-order valence-electron chi connectivity index (χ3n) is 18.0. The molecule has 0 aliphatic rings. The van der Waals surface area contributed by atoms with Gasteiger partial charge in [-0.2, -0.15) is 0 Å². The number of carbonyl (C=O) groups excluding carboxylic acids is 2. The molecular formula is C88H157NO8P+. The molecule has 0 saturated heterocycles. The number of nitrogens with zero attached hydrogens (tertiary/aromatic N) is 1. The highest BCUT2D eigenvalue weighted by molar-refractivity contribution is 7.47. The third-order valence-corrected chi connectivity index (χ3v) is 19.0. The highest BCUT2D eigenvalue weighted by Gasteiger charge is 2.27. The van der Waals surface area contributed by atoms with E-state index in [2.05, 4.69) is 135 Å². The molecule has 0 aromatic heterocycles. The number of allylic oxidation sites excluding steroid dienone is 20. The Hall–Kier alpha value is -3.59. The summed E-state index contributed by atoms with van der Waals surface area (Å²) in [5.74, 6) is -0.790. The second-order valence-corrected chi connectivity index (χ2v) is 30.2. The van der Waals surface area contributed by atoms with Gasteiger partial charge in [0.2, 0.25) is 0 Å². The first-order valence-electron chi connectivity index (χ1n) is 41.3. The van der Waals surface area contributed by atoms with Gasteiger partial charge in [-0.25, -0.2) is 4.57 Å². The van der Waals surface area contributed by atoms with E-state index in [4.69, 9.17) is 18.5 Å². The van der Waals surface area contributed by atoms with E-state index in [1.165, 1.54) is 238 Å². The molecule has 10 heteroatoms. The summed E-state index contributed by atoms with van der Waals surface area (Å²) in [4.78, 5) is 36.0. The summed E-state index contributed by atoms with van der Waals surface area (Å²) in [6.45, 7) is 4.34. The smallest absolute Gasteiger partial charge is 0.462 e. The van der Waals surface area contributed by atoms with Crippen LogP contribution in [0.2, 0.25) is 0 Å². The van der Waals surface area contributed by atoms with Gasteiger partial charge in [0.1, 0.15) is 19.8 Å². The Morgan fingerprint density at radius 2 is 0.582 bits per heavy atom. The molecule has 0 radical (unpaired) electrons. The second-order valence-electron chi connectivity index (χ2n) is 28.8. The Morgan fingerprint density at radius 1 is 0.327 bits per heavy atom. The van der Waals surface area contributed by atoms with E-state index in [1.54, 1.807) is 0 Å². The maximum Gasteiger partial charge on any atom is 0.472 e. The lowest BCUT2D eigenvalue weighted by molar-refractivity contribution is -0.870. The van der Waals surface area contributed by atoms with Gasteiger partial charge in [-0.15, -0.1) is 0 Å². The number of esters is 2. The zero-order valence-corrected chi connectivity index (χ0v) is 65.6. The molecule has 9 nitrogen and oxygen atoms in total. The van der Waals surface area contributed by atoms with Crippen molar-refractivity contribution in [1.82, 2.24) is 0 Å². The molecule has 1 N–H and O–H groups in total. The van der Waals surface area contributed by atoms with E-state index in [9.17, 15) is 19.0 Å². The quantitative estimate of drug-likeness (QED) is 0.0211. The molecule has 0 heterocycles. The van der Waals surface area contributed by atoms with Crippen LogP contribution in [0.1, 0.15) is 373 Å². The van der Waals surface area contributed by atoms with Crippen LogP contribution in [0.4, 0.5) is 0 Å². The van der Waals surface area contributed by atoms with Gasteiger partial charge in [0.05, 0.1) is 27.7 Å². The Kier molecular flexibility index (Phi) is 74.7. The van der Waals surface area contributed by atoms with Crippen molar-refractivity contribution in [2.45, 2.75) is 380 Å². The number of unbranched alkanes of at least 4 members (excludes halogenated alkanes) is 42. The molecule has 0 aromatic rings. The first-order valence-corrected chi connectivity index (χ1v) is 42.8. The fourth-order valence-electron chi connectivity index (χ4n) is 11.7. The molecule has 0 spiro atoms. The molecule has 0 saturated carbocycles. The Morgan fingerprint density at radius 3 is 0.867 bits per heavy atom. The van der Waals surface area contributed by atoms with E-state index >= 15 is 0 Å². The number of likely N-dealkylation sites (N-methyl/N-ethyl adjacent to an activating group) is 1. The van der Waals surface area contributed by atoms with Crippen molar-refractivity contribution >= 4 is 19.8 Å². The largest absolute Gasteiger partial charge is 0.472 e. The molecule has 0 fully saturated rings. The molecule has 0 amide bonds. The van der Waals surface area contributed by atoms with Gasteiger partial charge in [-0.3, -0.25) is 18.6 Å². The van der Waals surface area contributed by atoms with Crippen LogP contribution in [-0.4, -0.2) is 74.9 Å². The minimum atomic E-state index is -4.40. The van der Waals surface area contributed by atoms with Gasteiger partial charge < -0.3 is 18.9 Å². The summed E-state index contributed by atoms with van der Waals surface area (Å²) in [5, 5.41) is 0. The molecule has 0 aliphatic carbocycles. The predicted molar refractivity (Wildman–Crippen MR) is 427 cm³/mol. The molecule has 0 aliphatic heterocycles. The maximum absolute atomic E-state index is 12.9. The van der Waals surface area contributed by atoms with E-state index in [-0.39, 0.29) is 32.0 Å². The van der Waals surface area contributed by atoms with Crippen LogP contribution in [-0.2, 0) is 32.7 Å². The van der Waals surface area contributed by atoms with Crippen LogP contribution in [0.15, 0.2) is 122 Å². The van der Waals surface area contributed by atoms with Crippen molar-refractivity contribution in [2.24, 2.45) is 0 Å². The molecule has 0 rings (SSSR count). The van der Waals surface area contributed by atoms with Crippen molar-refractivity contribution in [3.8, 4) is 0 Å². The summed E-state index contributed by atoms with van der Waals surface area (Å²) in [5.41, 5.74) is 0. The normalized spacial score (nSPS) is 13.7. The minimum absolute atomic E-state index is 0.0283. The van der Waals surface area contributed by atoms with Crippen molar-refractivity contribution in [2.75, 3.05) is 47.5 Å². The van der Waals surface area contributed by atoms with Crippen LogP contribution in [0.5, 0.6) is 0 Å². The summed E-state index contributed by atoms with van der Waals surface area (Å²) < 4.78 is 34.8. The number of hydrogen-bond donors (Lipinski definition) is 1. The standard InChI is InChI=1S/C88H156NO8P/c1-6-8-10-12-14-16-18-20-22-24-26-28-30-32-34-36-38-40-41-42-43-44-45-46-47-49-50-52-54-56-58-60-62-64-66-68-70-72-74-76-78-80-87(90)94-84-86(85-96-98(92,93)95-83-82-89(3,4)5)97-88(91)81-79-77-75-73-71-69-67-65-63-61-59-57-55-53-51-48-39-37-35-33-31-29-27-25-23-21-19-17-15-13-11-9-7-2/h9,11,15,17-18,20-21,23-24,26-27,29-30,32-33,35,39,48,53,55,86H,6-8,10,12-14,16,19,22,25,28,31,34,36-38,40-47,49-52,54,56-85H2,1-5H3/p+1/b11-9-,17-15-,20-18-,23-21-,26-24-,29-27-,32-30-,35-33-,48-39-,55-53-. The van der Waals surface area contributed by atoms with Gasteiger partial charge in [0.25, 0.3) is 0 Å². The number of ether oxygens (including phenoxy) is 2. The molecule has 0 aromatic carbocycles. The summed E-state index contributed by atoms with van der Waals surface area (Å²) in [6, 6.07) is 0. The molecule has 2 atom stereocenters. The zero-order valence-electron chi connectivity index (χ0n) is 64.8. The monoisotopic (exact) mass is 1390 g/mol. The first-order chi connectivity index (χ1) is 48.0. The number of carbonyl (C=O) groups is 2. The van der Waals surface area contributed by atoms with Crippen LogP contribution < -0.4 is 0 Å². The SMILES string of the molecule is CC/C=C\C/C=C\C/C=C\C/C=C\C/C=C\C/C=C\C/C=C\CCCCCCCCCCCCCC(=O)OC(COC(=O)CCCCCCCCCCCCCCCCCCCCCCCCCCCC/C=C\C/C=C\C/C=C\CCCCCCC)COP(=O)(O)OCC[N+](C)(C)C. The number of hydrogen-bond acceptors (Lipinski definition) is 7. The summed E-state index contributed by atoms with van der Waals surface area (Å²) in [6.07, 6.45) is 112. The third kappa shape index (κ3) is 81.4. The summed E-state index contributed by atoms with van der Waals surface area (Å²) >= 11 is 0. The maximum atomic E-state index is 12.9. The molecule has 2 unspecified atom stereocenters. The van der Waals surface area contributed by atoms with Crippen molar-refractivity contribution < 1.29 is 42.1 Å². The topological polar surface area (TPSA) is 108 Å². The Labute approximate surface area is 607 Å². The second kappa shape index (κ2) is 77.6. The van der Waals surface area contributed by atoms with E-state index < -0.39 is 26.5 Å². The number of quaternary nitrogens is 1.